The van der Waals surface area contributed by atoms with E-state index in [1.54, 1.807) is 54.6 Å². The number of halogens is 2. The number of rotatable bonds is 5. The fraction of sp³-hybridized carbons (Fsp3) is 0.0455. The third kappa shape index (κ3) is 5.29. The fourth-order valence-corrected chi connectivity index (χ4v) is 2.86. The van der Waals surface area contributed by atoms with E-state index in [4.69, 9.17) is 27.6 Å². The van der Waals surface area contributed by atoms with Crippen LogP contribution >= 0.6 is 23.2 Å². The molecule has 1 heterocycles. The molecule has 2 N–H and O–H groups in total. The van der Waals surface area contributed by atoms with Gasteiger partial charge in [-0.15, -0.1) is 0 Å². The maximum Gasteiger partial charge on any atom is 0.266 e. The first-order chi connectivity index (χ1) is 14.4. The summed E-state index contributed by atoms with van der Waals surface area (Å²) < 4.78 is 5.70. The third-order valence-corrected chi connectivity index (χ3v) is 4.68. The molecule has 30 heavy (non-hydrogen) atoms. The smallest absolute Gasteiger partial charge is 0.266 e. The van der Waals surface area contributed by atoms with Crippen LogP contribution in [-0.4, -0.2) is 11.8 Å². The Morgan fingerprint density at radius 3 is 2.23 bits per heavy atom. The predicted molar refractivity (Wildman–Crippen MR) is 117 cm³/mol. The van der Waals surface area contributed by atoms with Crippen LogP contribution in [-0.2, 0) is 9.59 Å². The van der Waals surface area contributed by atoms with Crippen molar-refractivity contribution in [1.29, 1.82) is 5.26 Å². The number of hydrogen-bond donors (Lipinski definition) is 2. The molecule has 0 aliphatic rings. The van der Waals surface area contributed by atoms with Crippen molar-refractivity contribution in [3.63, 3.8) is 0 Å². The Bertz CT molecular complexity index is 1180. The van der Waals surface area contributed by atoms with Crippen molar-refractivity contribution in [2.75, 3.05) is 10.6 Å². The number of hydrogen-bond acceptors (Lipinski definition) is 4. The number of carbonyl (C=O) groups excluding carboxylic acids is 2. The molecular weight excluding hydrogens is 425 g/mol. The summed E-state index contributed by atoms with van der Waals surface area (Å²) in [5, 5.41) is 15.5. The highest BCUT2D eigenvalue weighted by Crippen LogP contribution is 2.30. The number of nitrogens with zero attached hydrogens (tertiary/aromatic N) is 1. The molecule has 0 radical (unpaired) electrons. The van der Waals surface area contributed by atoms with Crippen molar-refractivity contribution >= 4 is 52.5 Å². The molecule has 0 atom stereocenters. The molecule has 150 valence electrons. The van der Waals surface area contributed by atoms with Gasteiger partial charge in [0.1, 0.15) is 23.2 Å². The first-order valence-corrected chi connectivity index (χ1v) is 9.47. The molecule has 8 heteroatoms. The summed E-state index contributed by atoms with van der Waals surface area (Å²) in [5.41, 5.74) is 1.66. The monoisotopic (exact) mass is 439 g/mol. The number of nitrogens with one attached hydrogen (secondary N) is 2. The molecule has 2 amide bonds. The van der Waals surface area contributed by atoms with E-state index in [0.29, 0.717) is 38.5 Å². The van der Waals surface area contributed by atoms with Gasteiger partial charge in [0.05, 0.1) is 10.0 Å². The lowest BCUT2D eigenvalue weighted by atomic mass is 10.2. The Morgan fingerprint density at radius 1 is 0.967 bits per heavy atom. The molecule has 0 spiro atoms. The van der Waals surface area contributed by atoms with Crippen LogP contribution in [0.3, 0.4) is 0 Å². The second-order valence-corrected chi connectivity index (χ2v) is 7.03. The molecule has 0 bridgehead atoms. The molecule has 0 aliphatic heterocycles. The van der Waals surface area contributed by atoms with Crippen molar-refractivity contribution in [3.8, 4) is 17.4 Å². The molecule has 0 saturated heterocycles. The summed E-state index contributed by atoms with van der Waals surface area (Å²) in [7, 11) is 0. The SMILES string of the molecule is CC(=O)Nc1ccc(NC(=O)/C(C#N)=C/c2ccc(-c3ccc(Cl)c(Cl)c3)o2)cc1. The zero-order chi connectivity index (χ0) is 21.7. The van der Waals surface area contributed by atoms with Crippen molar-refractivity contribution in [1.82, 2.24) is 0 Å². The molecule has 6 nitrogen and oxygen atoms in total. The molecule has 3 aromatic rings. The Labute approximate surface area is 182 Å². The predicted octanol–water partition coefficient (Wildman–Crippen LogP) is 5.76. The lowest BCUT2D eigenvalue weighted by molar-refractivity contribution is -0.114. The second-order valence-electron chi connectivity index (χ2n) is 6.21. The van der Waals surface area contributed by atoms with Gasteiger partial charge >= 0.3 is 0 Å². The highest BCUT2D eigenvalue weighted by Gasteiger charge is 2.12. The van der Waals surface area contributed by atoms with E-state index in [1.165, 1.54) is 13.0 Å². The van der Waals surface area contributed by atoms with Crippen molar-refractivity contribution < 1.29 is 14.0 Å². The van der Waals surface area contributed by atoms with Crippen LogP contribution in [0.4, 0.5) is 11.4 Å². The van der Waals surface area contributed by atoms with Gasteiger partial charge in [-0.25, -0.2) is 0 Å². The lowest BCUT2D eigenvalue weighted by Crippen LogP contribution is -2.13. The van der Waals surface area contributed by atoms with E-state index in [0.717, 1.165) is 0 Å². The van der Waals surface area contributed by atoms with Crippen LogP contribution in [0.1, 0.15) is 12.7 Å². The molecule has 0 fully saturated rings. The van der Waals surface area contributed by atoms with Crippen LogP contribution in [0.15, 0.2) is 64.6 Å². The summed E-state index contributed by atoms with van der Waals surface area (Å²) in [4.78, 5) is 23.5. The average molecular weight is 440 g/mol. The van der Waals surface area contributed by atoms with E-state index >= 15 is 0 Å². The molecule has 0 aliphatic carbocycles. The number of anilines is 2. The van der Waals surface area contributed by atoms with Crippen LogP contribution in [0, 0.1) is 11.3 Å². The summed E-state index contributed by atoms with van der Waals surface area (Å²) in [6.07, 6.45) is 1.35. The lowest BCUT2D eigenvalue weighted by Gasteiger charge is -2.06. The third-order valence-electron chi connectivity index (χ3n) is 3.95. The number of nitriles is 1. The van der Waals surface area contributed by atoms with E-state index < -0.39 is 5.91 Å². The van der Waals surface area contributed by atoms with Crippen molar-refractivity contribution in [2.24, 2.45) is 0 Å². The topological polar surface area (TPSA) is 95.1 Å². The highest BCUT2D eigenvalue weighted by molar-refractivity contribution is 6.42. The van der Waals surface area contributed by atoms with Crippen LogP contribution in [0.2, 0.25) is 10.0 Å². The van der Waals surface area contributed by atoms with Gasteiger partial charge in [0.2, 0.25) is 5.91 Å². The van der Waals surface area contributed by atoms with E-state index in [9.17, 15) is 14.9 Å². The molecule has 1 aromatic heterocycles. The molecule has 3 rings (SSSR count). The minimum Gasteiger partial charge on any atom is -0.457 e. The fourth-order valence-electron chi connectivity index (χ4n) is 2.56. The minimum absolute atomic E-state index is 0.129. The van der Waals surface area contributed by atoms with Gasteiger partial charge < -0.3 is 15.1 Å². The first-order valence-electron chi connectivity index (χ1n) is 8.72. The van der Waals surface area contributed by atoms with Gasteiger partial charge in [-0.2, -0.15) is 5.26 Å². The average Bonchev–Trinajstić information content (AvgIpc) is 3.18. The standard InChI is InChI=1S/C22H15Cl2N3O3/c1-13(28)26-16-3-5-17(6-4-16)27-22(29)15(12-25)10-18-7-9-21(30-18)14-2-8-19(23)20(24)11-14/h2-11H,1H3,(H,26,28)(H,27,29)/b15-10+. The van der Waals surface area contributed by atoms with Crippen LogP contribution in [0.5, 0.6) is 0 Å². The Morgan fingerprint density at radius 2 is 1.63 bits per heavy atom. The molecule has 0 unspecified atom stereocenters. The van der Waals surface area contributed by atoms with E-state index in [-0.39, 0.29) is 11.5 Å². The zero-order valence-electron chi connectivity index (χ0n) is 15.7. The first kappa shape index (κ1) is 21.2. The Balaban J connectivity index is 1.74. The van der Waals surface area contributed by atoms with Gasteiger partial charge in [0, 0.05) is 29.9 Å². The second kappa shape index (κ2) is 9.31. The van der Waals surface area contributed by atoms with Gasteiger partial charge in [0.15, 0.2) is 0 Å². The molecule has 2 aromatic carbocycles. The Kier molecular flexibility index (Phi) is 6.58. The van der Waals surface area contributed by atoms with Crippen LogP contribution < -0.4 is 10.6 Å². The van der Waals surface area contributed by atoms with Gasteiger partial charge in [0.25, 0.3) is 5.91 Å². The largest absolute Gasteiger partial charge is 0.457 e. The van der Waals surface area contributed by atoms with Gasteiger partial charge in [-0.05, 0) is 54.6 Å². The maximum atomic E-state index is 12.4. The van der Waals surface area contributed by atoms with Crippen molar-refractivity contribution in [3.05, 3.63) is 76.0 Å². The summed E-state index contributed by atoms with van der Waals surface area (Å²) >= 11 is 12.0. The van der Waals surface area contributed by atoms with E-state index in [2.05, 4.69) is 10.6 Å². The summed E-state index contributed by atoms with van der Waals surface area (Å²) in [6, 6.07) is 16.8. The van der Waals surface area contributed by atoms with Crippen LogP contribution in [0.25, 0.3) is 17.4 Å². The number of benzene rings is 2. The zero-order valence-corrected chi connectivity index (χ0v) is 17.2. The summed E-state index contributed by atoms with van der Waals surface area (Å²) in [6.45, 7) is 1.40. The van der Waals surface area contributed by atoms with Gasteiger partial charge in [-0.3, -0.25) is 9.59 Å². The minimum atomic E-state index is -0.586. The van der Waals surface area contributed by atoms with Gasteiger partial charge in [-0.1, -0.05) is 23.2 Å². The Hall–Kier alpha value is -3.53. The molecular formula is C22H15Cl2N3O3. The number of carbonyl (C=O) groups is 2. The summed E-state index contributed by atoms with van der Waals surface area (Å²) in [5.74, 6) is 0.0762. The number of amides is 2. The van der Waals surface area contributed by atoms with Crippen molar-refractivity contribution in [2.45, 2.75) is 6.92 Å². The maximum absolute atomic E-state index is 12.4. The molecule has 0 saturated carbocycles. The number of furan rings is 1. The normalized spacial score (nSPS) is 10.9. The highest BCUT2D eigenvalue weighted by atomic mass is 35.5. The quantitative estimate of drug-likeness (QED) is 0.390. The van der Waals surface area contributed by atoms with E-state index in [1.807, 2.05) is 6.07 Å².